The molecular formula is C12H12N2O2S. The lowest BCUT2D eigenvalue weighted by molar-refractivity contribution is 0.173. The molecule has 1 unspecified atom stereocenters. The Labute approximate surface area is 104 Å². The number of imidazole rings is 1. The van der Waals surface area contributed by atoms with Crippen LogP contribution in [0.15, 0.2) is 24.4 Å². The minimum absolute atomic E-state index is 0.180. The van der Waals surface area contributed by atoms with Gasteiger partial charge in [0, 0.05) is 23.4 Å². The minimum atomic E-state index is 0.180. The molecule has 0 amide bonds. The Bertz CT molecular complexity index is 603. The maximum Gasteiger partial charge on any atom is 0.231 e. The summed E-state index contributed by atoms with van der Waals surface area (Å²) in [6.07, 6.45) is 1.89. The molecule has 2 N–H and O–H groups in total. The van der Waals surface area contributed by atoms with E-state index in [1.807, 2.05) is 24.4 Å². The smallest absolute Gasteiger partial charge is 0.231 e. The third-order valence-electron chi connectivity index (χ3n) is 2.98. The van der Waals surface area contributed by atoms with Gasteiger partial charge in [-0.2, -0.15) is 0 Å². The molecule has 1 aromatic carbocycles. The number of rotatable bonds is 2. The predicted molar refractivity (Wildman–Crippen MR) is 66.1 cm³/mol. The average Bonchev–Trinajstić information content (AvgIpc) is 2.95. The van der Waals surface area contributed by atoms with E-state index in [1.54, 1.807) is 0 Å². The van der Waals surface area contributed by atoms with Crippen molar-refractivity contribution in [2.45, 2.75) is 12.8 Å². The quantitative estimate of drug-likeness (QED) is 0.803. The van der Waals surface area contributed by atoms with E-state index in [0.717, 1.165) is 22.8 Å². The number of para-hydroxylation sites is 1. The summed E-state index contributed by atoms with van der Waals surface area (Å²) in [5.74, 6) is 1.82. The van der Waals surface area contributed by atoms with Crippen molar-refractivity contribution in [3.63, 3.8) is 0 Å². The molecule has 0 bridgehead atoms. The summed E-state index contributed by atoms with van der Waals surface area (Å²) >= 11 is 5.03. The van der Waals surface area contributed by atoms with Crippen molar-refractivity contribution in [1.29, 1.82) is 0 Å². The zero-order valence-corrected chi connectivity index (χ0v) is 10.1. The Balaban J connectivity index is 2.05. The van der Waals surface area contributed by atoms with Gasteiger partial charge in [-0.1, -0.05) is 19.1 Å². The largest absolute Gasteiger partial charge is 0.454 e. The van der Waals surface area contributed by atoms with Crippen LogP contribution in [0.2, 0.25) is 0 Å². The van der Waals surface area contributed by atoms with Gasteiger partial charge in [0.1, 0.15) is 0 Å². The van der Waals surface area contributed by atoms with E-state index in [2.05, 4.69) is 16.9 Å². The third kappa shape index (κ3) is 1.72. The summed E-state index contributed by atoms with van der Waals surface area (Å²) in [6.45, 7) is 2.40. The number of benzene rings is 1. The van der Waals surface area contributed by atoms with Gasteiger partial charge in [-0.3, -0.25) is 0 Å². The van der Waals surface area contributed by atoms with Gasteiger partial charge in [0.15, 0.2) is 16.3 Å². The summed E-state index contributed by atoms with van der Waals surface area (Å²) in [5.41, 5.74) is 2.14. The van der Waals surface area contributed by atoms with Gasteiger partial charge in [0.2, 0.25) is 6.79 Å². The fraction of sp³-hybridized carbons (Fsp3) is 0.250. The highest BCUT2D eigenvalue weighted by atomic mass is 32.1. The molecule has 4 nitrogen and oxygen atoms in total. The van der Waals surface area contributed by atoms with E-state index in [-0.39, 0.29) is 5.92 Å². The number of ether oxygens (including phenoxy) is 2. The molecule has 0 aliphatic carbocycles. The van der Waals surface area contributed by atoms with Crippen LogP contribution in [-0.2, 0) is 0 Å². The molecule has 5 heteroatoms. The molecule has 0 saturated carbocycles. The van der Waals surface area contributed by atoms with Crippen LogP contribution in [0.5, 0.6) is 11.5 Å². The fourth-order valence-corrected chi connectivity index (χ4v) is 2.22. The first-order chi connectivity index (χ1) is 8.25. The summed E-state index contributed by atoms with van der Waals surface area (Å²) in [7, 11) is 0. The zero-order valence-electron chi connectivity index (χ0n) is 9.32. The topological polar surface area (TPSA) is 50.0 Å². The van der Waals surface area contributed by atoms with Crippen molar-refractivity contribution in [3.05, 3.63) is 40.4 Å². The first-order valence-corrected chi connectivity index (χ1v) is 5.82. The van der Waals surface area contributed by atoms with Crippen LogP contribution >= 0.6 is 12.2 Å². The lowest BCUT2D eigenvalue weighted by Gasteiger charge is -2.12. The second-order valence-electron chi connectivity index (χ2n) is 4.00. The Morgan fingerprint density at radius 1 is 1.35 bits per heavy atom. The normalized spacial score (nSPS) is 14.9. The Kier molecular flexibility index (Phi) is 2.40. The monoisotopic (exact) mass is 248 g/mol. The maximum absolute atomic E-state index is 5.51. The Hall–Kier alpha value is -1.75. The Morgan fingerprint density at radius 2 is 2.24 bits per heavy atom. The van der Waals surface area contributed by atoms with Crippen LogP contribution in [0, 0.1) is 4.77 Å². The van der Waals surface area contributed by atoms with E-state index in [9.17, 15) is 0 Å². The van der Waals surface area contributed by atoms with Crippen molar-refractivity contribution >= 4 is 12.2 Å². The third-order valence-corrected chi connectivity index (χ3v) is 3.20. The van der Waals surface area contributed by atoms with Crippen LogP contribution in [0.1, 0.15) is 24.1 Å². The number of H-pyrrole nitrogens is 2. The van der Waals surface area contributed by atoms with Gasteiger partial charge in [-0.05, 0) is 18.3 Å². The molecule has 3 rings (SSSR count). The molecular weight excluding hydrogens is 236 g/mol. The molecule has 88 valence electrons. The molecule has 1 aliphatic heterocycles. The average molecular weight is 248 g/mol. The Morgan fingerprint density at radius 3 is 3.00 bits per heavy atom. The summed E-state index contributed by atoms with van der Waals surface area (Å²) in [4.78, 5) is 6.10. The second-order valence-corrected chi connectivity index (χ2v) is 4.41. The van der Waals surface area contributed by atoms with Crippen LogP contribution in [0.4, 0.5) is 0 Å². The van der Waals surface area contributed by atoms with Crippen molar-refractivity contribution in [2.24, 2.45) is 0 Å². The summed E-state index contributed by atoms with van der Waals surface area (Å²) in [5, 5.41) is 0. The minimum Gasteiger partial charge on any atom is -0.454 e. The van der Waals surface area contributed by atoms with Crippen LogP contribution in [0.25, 0.3) is 0 Å². The van der Waals surface area contributed by atoms with Crippen LogP contribution in [0.3, 0.4) is 0 Å². The van der Waals surface area contributed by atoms with Crippen LogP contribution < -0.4 is 9.47 Å². The summed E-state index contributed by atoms with van der Waals surface area (Å²) < 4.78 is 11.5. The molecule has 1 atom stereocenters. The lowest BCUT2D eigenvalue weighted by atomic mass is 9.97. The van der Waals surface area contributed by atoms with Gasteiger partial charge in [-0.15, -0.1) is 0 Å². The highest BCUT2D eigenvalue weighted by molar-refractivity contribution is 7.71. The first-order valence-electron chi connectivity index (χ1n) is 5.42. The van der Waals surface area contributed by atoms with E-state index >= 15 is 0 Å². The molecule has 1 aromatic heterocycles. The van der Waals surface area contributed by atoms with Gasteiger partial charge in [0.25, 0.3) is 0 Å². The number of aromatic amines is 2. The molecule has 17 heavy (non-hydrogen) atoms. The lowest BCUT2D eigenvalue weighted by Crippen LogP contribution is -1.99. The van der Waals surface area contributed by atoms with Crippen LogP contribution in [-0.4, -0.2) is 16.8 Å². The maximum atomic E-state index is 5.51. The molecule has 1 aliphatic rings. The molecule has 0 spiro atoms. The summed E-state index contributed by atoms with van der Waals surface area (Å²) in [6, 6.07) is 5.93. The van der Waals surface area contributed by atoms with E-state index in [4.69, 9.17) is 21.7 Å². The predicted octanol–water partition coefficient (Wildman–Crippen LogP) is 2.95. The van der Waals surface area contributed by atoms with Crippen molar-refractivity contribution in [1.82, 2.24) is 9.97 Å². The zero-order chi connectivity index (χ0) is 11.8. The van der Waals surface area contributed by atoms with Gasteiger partial charge < -0.3 is 19.4 Å². The molecule has 2 aromatic rings. The van der Waals surface area contributed by atoms with Crippen molar-refractivity contribution in [2.75, 3.05) is 6.79 Å². The van der Waals surface area contributed by atoms with Gasteiger partial charge in [-0.25, -0.2) is 0 Å². The van der Waals surface area contributed by atoms with Gasteiger partial charge in [0.05, 0.1) is 0 Å². The number of aromatic nitrogens is 2. The second kappa shape index (κ2) is 3.92. The molecule has 0 fully saturated rings. The van der Waals surface area contributed by atoms with Crippen molar-refractivity contribution < 1.29 is 9.47 Å². The molecule has 0 saturated heterocycles. The van der Waals surface area contributed by atoms with Gasteiger partial charge >= 0.3 is 0 Å². The van der Waals surface area contributed by atoms with E-state index in [1.165, 1.54) is 0 Å². The number of hydrogen-bond acceptors (Lipinski definition) is 3. The molecule has 0 radical (unpaired) electrons. The number of nitrogens with one attached hydrogen (secondary N) is 2. The standard InChI is InChI=1S/C12H12N2O2S/c1-7(9-5-13-12(17)14-9)8-3-2-4-10-11(8)16-6-15-10/h2-5,7H,6H2,1H3,(H2,13,14,17). The van der Waals surface area contributed by atoms with E-state index < -0.39 is 0 Å². The number of fused-ring (bicyclic) bond motifs is 1. The highest BCUT2D eigenvalue weighted by Crippen LogP contribution is 2.40. The first kappa shape index (κ1) is 10.4. The molecule has 2 heterocycles. The SMILES string of the molecule is CC(c1c[nH]c(=S)[nH]1)c1cccc2c1OCO2. The fourth-order valence-electron chi connectivity index (χ4n) is 2.04. The number of hydrogen-bond donors (Lipinski definition) is 2. The highest BCUT2D eigenvalue weighted by Gasteiger charge is 2.22. The van der Waals surface area contributed by atoms with E-state index in [0.29, 0.717) is 11.6 Å². The van der Waals surface area contributed by atoms with Crippen molar-refractivity contribution in [3.8, 4) is 11.5 Å².